The molecule has 176 valence electrons. The minimum absolute atomic E-state index is 0.0661. The van der Waals surface area contributed by atoms with Crippen LogP contribution in [0, 0.1) is 11.3 Å². The number of nitriles is 1. The summed E-state index contributed by atoms with van der Waals surface area (Å²) in [6.45, 7) is -0.121. The number of benzene rings is 2. The van der Waals surface area contributed by atoms with Crippen LogP contribution in [-0.2, 0) is 11.3 Å². The molecular weight excluding hydrogens is 483 g/mol. The van der Waals surface area contributed by atoms with E-state index >= 15 is 8.78 Å². The van der Waals surface area contributed by atoms with Crippen LogP contribution in [0.1, 0.15) is 42.1 Å². The molecule has 2 heterocycles. The maximum Gasteiger partial charge on any atom is 0.290 e. The van der Waals surface area contributed by atoms with Gasteiger partial charge in [0.2, 0.25) is 0 Å². The molecule has 2 aromatic carbocycles. The van der Waals surface area contributed by atoms with Crippen molar-refractivity contribution in [3.8, 4) is 17.3 Å². The SMILES string of the molecule is N#Cc1ccc(N2CC[C@@H](OCc3c(-c4c(Cl)cccc4Cl)noc3C3CC3)C(F)(F)C2)cc1. The molecule has 0 N–H and O–H groups in total. The van der Waals surface area contributed by atoms with Crippen LogP contribution < -0.4 is 4.90 Å². The van der Waals surface area contributed by atoms with Crippen molar-refractivity contribution in [2.75, 3.05) is 18.0 Å². The van der Waals surface area contributed by atoms with Crippen LogP contribution >= 0.6 is 23.2 Å². The highest BCUT2D eigenvalue weighted by Gasteiger charge is 2.46. The molecule has 0 bridgehead atoms. The van der Waals surface area contributed by atoms with Crippen LogP contribution in [0.2, 0.25) is 10.0 Å². The maximum absolute atomic E-state index is 15.1. The fraction of sp³-hybridized carbons (Fsp3) is 0.360. The van der Waals surface area contributed by atoms with Gasteiger partial charge in [-0.05, 0) is 55.7 Å². The largest absolute Gasteiger partial charge is 0.367 e. The van der Waals surface area contributed by atoms with E-state index in [1.807, 2.05) is 6.07 Å². The van der Waals surface area contributed by atoms with Gasteiger partial charge in [0.05, 0.1) is 34.8 Å². The average Bonchev–Trinajstić information content (AvgIpc) is 3.58. The second-order valence-electron chi connectivity index (χ2n) is 8.67. The number of ether oxygens (including phenoxy) is 1. The van der Waals surface area contributed by atoms with Crippen LogP contribution in [0.3, 0.4) is 0 Å². The minimum atomic E-state index is -3.06. The lowest BCUT2D eigenvalue weighted by molar-refractivity contribution is -0.148. The fourth-order valence-corrected chi connectivity index (χ4v) is 4.90. The quantitative estimate of drug-likeness (QED) is 0.368. The molecule has 0 radical (unpaired) electrons. The Morgan fingerprint density at radius 1 is 1.12 bits per heavy atom. The van der Waals surface area contributed by atoms with Crippen molar-refractivity contribution in [1.82, 2.24) is 5.16 Å². The van der Waals surface area contributed by atoms with Gasteiger partial charge in [0.1, 0.15) is 17.6 Å². The minimum Gasteiger partial charge on any atom is -0.367 e. The van der Waals surface area contributed by atoms with Crippen LogP contribution in [0.15, 0.2) is 47.0 Å². The van der Waals surface area contributed by atoms with Gasteiger partial charge in [0.25, 0.3) is 5.92 Å². The molecule has 0 amide bonds. The van der Waals surface area contributed by atoms with Crippen LogP contribution in [-0.4, -0.2) is 30.3 Å². The predicted molar refractivity (Wildman–Crippen MR) is 125 cm³/mol. The van der Waals surface area contributed by atoms with E-state index in [0.717, 1.165) is 12.8 Å². The average molecular weight is 504 g/mol. The number of piperidine rings is 1. The van der Waals surface area contributed by atoms with E-state index in [9.17, 15) is 0 Å². The van der Waals surface area contributed by atoms with Crippen molar-refractivity contribution >= 4 is 28.9 Å². The van der Waals surface area contributed by atoms with Crippen molar-refractivity contribution in [2.24, 2.45) is 0 Å². The predicted octanol–water partition coefficient (Wildman–Crippen LogP) is 6.83. The van der Waals surface area contributed by atoms with Gasteiger partial charge in [-0.2, -0.15) is 5.26 Å². The highest BCUT2D eigenvalue weighted by Crippen LogP contribution is 2.46. The molecule has 1 saturated carbocycles. The number of anilines is 1. The third kappa shape index (κ3) is 4.50. The topological polar surface area (TPSA) is 62.3 Å². The monoisotopic (exact) mass is 503 g/mol. The molecule has 1 saturated heterocycles. The van der Waals surface area contributed by atoms with E-state index < -0.39 is 18.6 Å². The zero-order valence-electron chi connectivity index (χ0n) is 18.1. The molecule has 5 rings (SSSR count). The Morgan fingerprint density at radius 2 is 1.82 bits per heavy atom. The van der Waals surface area contributed by atoms with E-state index in [2.05, 4.69) is 5.16 Å². The molecule has 2 fully saturated rings. The first kappa shape index (κ1) is 23.1. The second kappa shape index (κ2) is 9.18. The third-order valence-electron chi connectivity index (χ3n) is 6.29. The number of hydrogen-bond donors (Lipinski definition) is 0. The number of aromatic nitrogens is 1. The Labute approximate surface area is 205 Å². The van der Waals surface area contributed by atoms with Crippen molar-refractivity contribution in [3.63, 3.8) is 0 Å². The summed E-state index contributed by atoms with van der Waals surface area (Å²) in [6.07, 6.45) is 0.812. The van der Waals surface area contributed by atoms with E-state index in [0.29, 0.717) is 50.4 Å². The summed E-state index contributed by atoms with van der Waals surface area (Å²) in [6, 6.07) is 13.8. The highest BCUT2D eigenvalue weighted by molar-refractivity contribution is 6.39. The highest BCUT2D eigenvalue weighted by atomic mass is 35.5. The molecule has 1 aliphatic heterocycles. The van der Waals surface area contributed by atoms with Crippen molar-refractivity contribution in [2.45, 2.75) is 43.8 Å². The normalized spacial score (nSPS) is 19.7. The number of rotatable bonds is 6. The molecule has 5 nitrogen and oxygen atoms in total. The summed E-state index contributed by atoms with van der Waals surface area (Å²) in [4.78, 5) is 1.62. The van der Waals surface area contributed by atoms with Gasteiger partial charge in [0, 0.05) is 29.3 Å². The van der Waals surface area contributed by atoms with Gasteiger partial charge in [-0.25, -0.2) is 8.78 Å². The van der Waals surface area contributed by atoms with Crippen LogP contribution in [0.25, 0.3) is 11.3 Å². The first-order valence-corrected chi connectivity index (χ1v) is 11.8. The maximum atomic E-state index is 15.1. The van der Waals surface area contributed by atoms with Crippen LogP contribution in [0.4, 0.5) is 14.5 Å². The lowest BCUT2D eigenvalue weighted by atomic mass is 10.0. The summed E-state index contributed by atoms with van der Waals surface area (Å²) >= 11 is 12.8. The standard InChI is InChI=1S/C25H21Cl2F2N3O2/c26-19-2-1-3-20(27)22(19)23-18(24(34-31-23)16-6-7-16)13-33-21-10-11-32(14-25(21,28)29)17-8-4-15(12-30)5-9-17/h1-5,8-9,16,21H,6-7,10-11,13-14H2/t21-/m1/s1. The van der Waals surface area contributed by atoms with Gasteiger partial charge in [-0.15, -0.1) is 0 Å². The lowest BCUT2D eigenvalue weighted by Gasteiger charge is -2.39. The molecule has 3 aromatic rings. The molecular formula is C25H21Cl2F2N3O2. The number of nitrogens with zero attached hydrogens (tertiary/aromatic N) is 3. The Kier molecular flexibility index (Phi) is 6.24. The van der Waals surface area contributed by atoms with Gasteiger partial charge in [0.15, 0.2) is 0 Å². The lowest BCUT2D eigenvalue weighted by Crippen LogP contribution is -2.52. The van der Waals surface area contributed by atoms with E-state index in [1.54, 1.807) is 47.4 Å². The molecule has 34 heavy (non-hydrogen) atoms. The number of alkyl halides is 2. The zero-order chi connectivity index (χ0) is 23.9. The Balaban J connectivity index is 1.34. The molecule has 1 atom stereocenters. The third-order valence-corrected chi connectivity index (χ3v) is 6.92. The van der Waals surface area contributed by atoms with E-state index in [1.165, 1.54) is 0 Å². The smallest absolute Gasteiger partial charge is 0.290 e. The van der Waals surface area contributed by atoms with Gasteiger partial charge in [-0.1, -0.05) is 34.4 Å². The first-order chi connectivity index (χ1) is 16.4. The van der Waals surface area contributed by atoms with Gasteiger partial charge >= 0.3 is 0 Å². The molecule has 0 spiro atoms. The van der Waals surface area contributed by atoms with Gasteiger partial charge in [-0.3, -0.25) is 0 Å². The Morgan fingerprint density at radius 3 is 2.44 bits per heavy atom. The summed E-state index contributed by atoms with van der Waals surface area (Å²) in [5, 5.41) is 14.0. The van der Waals surface area contributed by atoms with Crippen molar-refractivity contribution < 1.29 is 18.0 Å². The van der Waals surface area contributed by atoms with Gasteiger partial charge < -0.3 is 14.2 Å². The Bertz CT molecular complexity index is 1220. The van der Waals surface area contributed by atoms with E-state index in [-0.39, 0.29) is 18.9 Å². The molecule has 2 aliphatic rings. The fourth-order valence-electron chi connectivity index (χ4n) is 4.32. The summed E-state index contributed by atoms with van der Waals surface area (Å²) in [5.74, 6) is -2.20. The second-order valence-corrected chi connectivity index (χ2v) is 9.49. The first-order valence-electron chi connectivity index (χ1n) is 11.0. The summed E-state index contributed by atoms with van der Waals surface area (Å²) in [7, 11) is 0. The number of halogens is 4. The van der Waals surface area contributed by atoms with Crippen molar-refractivity contribution in [1.29, 1.82) is 5.26 Å². The molecule has 9 heteroatoms. The zero-order valence-corrected chi connectivity index (χ0v) is 19.6. The van der Waals surface area contributed by atoms with Crippen LogP contribution in [0.5, 0.6) is 0 Å². The summed E-state index contributed by atoms with van der Waals surface area (Å²) < 4.78 is 41.6. The molecule has 1 aliphatic carbocycles. The molecule has 1 aromatic heterocycles. The van der Waals surface area contributed by atoms with Crippen molar-refractivity contribution in [3.05, 3.63) is 69.4 Å². The number of hydrogen-bond acceptors (Lipinski definition) is 5. The Hall–Kier alpha value is -2.66. The summed E-state index contributed by atoms with van der Waals surface area (Å²) in [5.41, 5.74) is 2.73. The molecule has 0 unspecified atom stereocenters. The van der Waals surface area contributed by atoms with E-state index in [4.69, 9.17) is 37.7 Å².